The first-order valence-electron chi connectivity index (χ1n) is 6.80. The van der Waals surface area contributed by atoms with Crippen LogP contribution in [0.25, 0.3) is 0 Å². The monoisotopic (exact) mass is 324 g/mol. The smallest absolute Gasteiger partial charge is 0.234 e. The standard InChI is InChI=1S/C15H20N2O2S2/c1-4-17(5-2)15(20)21-10-14(19)16-13-8-6-12(7-9-13)11(3)18/h6-9H,4-5,10H2,1-3H3,(H,16,19). The third-order valence-corrected chi connectivity index (χ3v) is 4.45. The molecule has 114 valence electrons. The molecule has 0 aliphatic carbocycles. The Kier molecular flexibility index (Phi) is 7.39. The van der Waals surface area contributed by atoms with E-state index in [4.69, 9.17) is 12.2 Å². The van der Waals surface area contributed by atoms with Crippen LogP contribution in [-0.4, -0.2) is 39.8 Å². The van der Waals surface area contributed by atoms with Crippen molar-refractivity contribution in [1.29, 1.82) is 0 Å². The van der Waals surface area contributed by atoms with Gasteiger partial charge in [-0.25, -0.2) is 0 Å². The fourth-order valence-corrected chi connectivity index (χ4v) is 2.89. The number of carbonyl (C=O) groups is 2. The largest absolute Gasteiger partial charge is 0.358 e. The predicted octanol–water partition coefficient (Wildman–Crippen LogP) is 3.19. The lowest BCUT2D eigenvalue weighted by Gasteiger charge is -2.20. The number of anilines is 1. The van der Waals surface area contributed by atoms with Gasteiger partial charge in [0.2, 0.25) is 5.91 Å². The van der Waals surface area contributed by atoms with Crippen LogP contribution >= 0.6 is 24.0 Å². The van der Waals surface area contributed by atoms with Crippen molar-refractivity contribution in [2.24, 2.45) is 0 Å². The average molecular weight is 324 g/mol. The molecule has 0 aromatic heterocycles. The van der Waals surface area contributed by atoms with Crippen LogP contribution in [0, 0.1) is 0 Å². The maximum Gasteiger partial charge on any atom is 0.234 e. The predicted molar refractivity (Wildman–Crippen MR) is 93.1 cm³/mol. The fraction of sp³-hybridized carbons (Fsp3) is 0.400. The quantitative estimate of drug-likeness (QED) is 0.643. The Balaban J connectivity index is 2.47. The summed E-state index contributed by atoms with van der Waals surface area (Å²) in [5, 5.41) is 2.79. The Morgan fingerprint density at radius 1 is 1.19 bits per heavy atom. The number of ketones is 1. The van der Waals surface area contributed by atoms with E-state index in [0.717, 1.165) is 17.4 Å². The molecular formula is C15H20N2O2S2. The minimum atomic E-state index is -0.106. The first-order chi connectivity index (χ1) is 9.97. The van der Waals surface area contributed by atoms with Crippen molar-refractivity contribution in [3.63, 3.8) is 0 Å². The summed E-state index contributed by atoms with van der Waals surface area (Å²) >= 11 is 6.63. The van der Waals surface area contributed by atoms with Crippen LogP contribution in [0.5, 0.6) is 0 Å². The summed E-state index contributed by atoms with van der Waals surface area (Å²) in [5.74, 6) is 0.183. The molecule has 0 saturated heterocycles. The molecule has 0 bridgehead atoms. The number of Topliss-reactive ketones (excluding diaryl/α,β-unsaturated/α-hetero) is 1. The van der Waals surface area contributed by atoms with Crippen molar-refractivity contribution in [3.8, 4) is 0 Å². The minimum Gasteiger partial charge on any atom is -0.358 e. The average Bonchev–Trinajstić information content (AvgIpc) is 2.47. The van der Waals surface area contributed by atoms with Crippen LogP contribution < -0.4 is 5.32 Å². The molecule has 21 heavy (non-hydrogen) atoms. The first kappa shape index (κ1) is 17.7. The molecule has 0 aliphatic rings. The zero-order valence-electron chi connectivity index (χ0n) is 12.5. The van der Waals surface area contributed by atoms with Gasteiger partial charge >= 0.3 is 0 Å². The van der Waals surface area contributed by atoms with E-state index in [1.54, 1.807) is 24.3 Å². The highest BCUT2D eigenvalue weighted by Crippen LogP contribution is 2.13. The van der Waals surface area contributed by atoms with Gasteiger partial charge in [-0.1, -0.05) is 24.0 Å². The highest BCUT2D eigenvalue weighted by molar-refractivity contribution is 8.23. The number of thiocarbonyl (C=S) groups is 1. The molecule has 0 unspecified atom stereocenters. The molecule has 1 amide bonds. The fourth-order valence-electron chi connectivity index (χ4n) is 1.69. The maximum atomic E-state index is 11.9. The Labute approximate surface area is 135 Å². The molecule has 0 saturated carbocycles. The van der Waals surface area contributed by atoms with Gasteiger partial charge in [0.1, 0.15) is 4.32 Å². The van der Waals surface area contributed by atoms with Gasteiger partial charge in [0.25, 0.3) is 0 Å². The molecule has 6 heteroatoms. The Morgan fingerprint density at radius 2 is 1.76 bits per heavy atom. The number of nitrogens with one attached hydrogen (secondary N) is 1. The molecule has 1 aromatic carbocycles. The second-order valence-corrected chi connectivity index (χ2v) is 6.02. The van der Waals surface area contributed by atoms with Crippen molar-refractivity contribution in [2.45, 2.75) is 20.8 Å². The second-order valence-electron chi connectivity index (χ2n) is 4.41. The number of nitrogens with zero attached hydrogens (tertiary/aromatic N) is 1. The summed E-state index contributed by atoms with van der Waals surface area (Å²) in [6.45, 7) is 7.27. The Hall–Kier alpha value is -1.40. The molecule has 0 spiro atoms. The zero-order valence-corrected chi connectivity index (χ0v) is 14.1. The number of carbonyl (C=O) groups excluding carboxylic acids is 2. The summed E-state index contributed by atoms with van der Waals surface area (Å²) < 4.78 is 0.738. The SMILES string of the molecule is CCN(CC)C(=S)SCC(=O)Nc1ccc(C(C)=O)cc1. The van der Waals surface area contributed by atoms with Crippen molar-refractivity contribution in [2.75, 3.05) is 24.2 Å². The van der Waals surface area contributed by atoms with E-state index in [0.29, 0.717) is 11.3 Å². The number of thioether (sulfide) groups is 1. The van der Waals surface area contributed by atoms with Gasteiger partial charge in [0.05, 0.1) is 5.75 Å². The normalized spacial score (nSPS) is 10.0. The van der Waals surface area contributed by atoms with E-state index in [1.807, 2.05) is 18.7 Å². The van der Waals surface area contributed by atoms with E-state index in [9.17, 15) is 9.59 Å². The lowest BCUT2D eigenvalue weighted by atomic mass is 10.1. The molecule has 4 nitrogen and oxygen atoms in total. The van der Waals surface area contributed by atoms with Crippen molar-refractivity contribution < 1.29 is 9.59 Å². The van der Waals surface area contributed by atoms with Gasteiger partial charge in [-0.15, -0.1) is 0 Å². The van der Waals surface area contributed by atoms with Gasteiger partial charge in [0, 0.05) is 24.3 Å². The number of amides is 1. The van der Waals surface area contributed by atoms with Gasteiger partial charge < -0.3 is 10.2 Å². The van der Waals surface area contributed by atoms with Crippen LogP contribution in [-0.2, 0) is 4.79 Å². The van der Waals surface area contributed by atoms with E-state index in [2.05, 4.69) is 5.32 Å². The third-order valence-electron chi connectivity index (χ3n) is 2.92. The third kappa shape index (κ3) is 5.85. The van der Waals surface area contributed by atoms with Gasteiger partial charge in [-0.2, -0.15) is 0 Å². The molecule has 1 N–H and O–H groups in total. The van der Waals surface area contributed by atoms with Gasteiger partial charge in [-0.3, -0.25) is 9.59 Å². The van der Waals surface area contributed by atoms with Crippen LogP contribution in [0.1, 0.15) is 31.1 Å². The van der Waals surface area contributed by atoms with Crippen molar-refractivity contribution in [1.82, 2.24) is 4.90 Å². The van der Waals surface area contributed by atoms with Crippen LogP contribution in [0.3, 0.4) is 0 Å². The summed E-state index contributed by atoms with van der Waals surface area (Å²) in [4.78, 5) is 25.1. The summed E-state index contributed by atoms with van der Waals surface area (Å²) in [6, 6.07) is 6.85. The van der Waals surface area contributed by atoms with Crippen molar-refractivity contribution in [3.05, 3.63) is 29.8 Å². The molecule has 0 heterocycles. The molecule has 1 rings (SSSR count). The molecule has 0 aliphatic heterocycles. The summed E-state index contributed by atoms with van der Waals surface area (Å²) in [6.07, 6.45) is 0. The molecule has 0 atom stereocenters. The maximum absolute atomic E-state index is 11.9. The highest BCUT2D eigenvalue weighted by atomic mass is 32.2. The molecular weight excluding hydrogens is 304 g/mol. The van der Waals surface area contributed by atoms with Gasteiger partial charge in [-0.05, 0) is 45.0 Å². The molecule has 0 fully saturated rings. The number of benzene rings is 1. The molecule has 1 aromatic rings. The van der Waals surface area contributed by atoms with Crippen LogP contribution in [0.15, 0.2) is 24.3 Å². The Morgan fingerprint density at radius 3 is 2.24 bits per heavy atom. The number of hydrogen-bond acceptors (Lipinski definition) is 4. The first-order valence-corrected chi connectivity index (χ1v) is 8.19. The van der Waals surface area contributed by atoms with E-state index >= 15 is 0 Å². The summed E-state index contributed by atoms with van der Waals surface area (Å²) in [5.41, 5.74) is 1.31. The zero-order chi connectivity index (χ0) is 15.8. The highest BCUT2D eigenvalue weighted by Gasteiger charge is 2.09. The van der Waals surface area contributed by atoms with E-state index in [-0.39, 0.29) is 17.4 Å². The van der Waals surface area contributed by atoms with Crippen LogP contribution in [0.4, 0.5) is 5.69 Å². The van der Waals surface area contributed by atoms with Crippen molar-refractivity contribution >= 4 is 45.7 Å². The Bertz CT molecular complexity index is 511. The second kappa shape index (κ2) is 8.79. The lowest BCUT2D eigenvalue weighted by Crippen LogP contribution is -2.28. The van der Waals surface area contributed by atoms with Gasteiger partial charge in [0.15, 0.2) is 5.78 Å². The molecule has 0 radical (unpaired) electrons. The van der Waals surface area contributed by atoms with Crippen LogP contribution in [0.2, 0.25) is 0 Å². The van der Waals surface area contributed by atoms with E-state index < -0.39 is 0 Å². The topological polar surface area (TPSA) is 49.4 Å². The number of hydrogen-bond donors (Lipinski definition) is 1. The van der Waals surface area contributed by atoms with E-state index in [1.165, 1.54) is 18.7 Å². The number of rotatable bonds is 6. The minimum absolute atomic E-state index is 0.00741. The lowest BCUT2D eigenvalue weighted by molar-refractivity contribution is -0.113. The summed E-state index contributed by atoms with van der Waals surface area (Å²) in [7, 11) is 0.